The highest BCUT2D eigenvalue weighted by Gasteiger charge is 2.11. The monoisotopic (exact) mass is 287 g/mol. The van der Waals surface area contributed by atoms with Gasteiger partial charge in [0, 0.05) is 25.0 Å². The highest BCUT2D eigenvalue weighted by Crippen LogP contribution is 2.14. The molecule has 0 saturated carbocycles. The lowest BCUT2D eigenvalue weighted by Gasteiger charge is -2.18. The Hall–Kier alpha value is -2.81. The van der Waals surface area contributed by atoms with Crippen molar-refractivity contribution in [2.45, 2.75) is 13.3 Å². The molecule has 0 fully saturated rings. The van der Waals surface area contributed by atoms with Crippen molar-refractivity contribution in [1.82, 2.24) is 5.32 Å². The summed E-state index contributed by atoms with van der Waals surface area (Å²) in [7, 11) is 0. The lowest BCUT2D eigenvalue weighted by Crippen LogP contribution is -2.28. The molecule has 0 spiro atoms. The largest absolute Gasteiger partial charge is 0.481 e. The number of nitrogens with one attached hydrogen (secondary N) is 1. The molecule has 110 valence electrons. The second kappa shape index (κ2) is 8.38. The van der Waals surface area contributed by atoms with Gasteiger partial charge in [0.25, 0.3) is 5.91 Å². The van der Waals surface area contributed by atoms with Crippen molar-refractivity contribution in [1.29, 1.82) is 5.26 Å². The first-order valence-electron chi connectivity index (χ1n) is 6.52. The van der Waals surface area contributed by atoms with E-state index in [9.17, 15) is 9.59 Å². The van der Waals surface area contributed by atoms with Crippen LogP contribution in [0.15, 0.2) is 42.1 Å². The van der Waals surface area contributed by atoms with Crippen LogP contribution in [0.2, 0.25) is 0 Å². The number of nitrogens with zero attached hydrogens (tertiary/aromatic N) is 2. The second-order valence-corrected chi connectivity index (χ2v) is 4.18. The molecule has 0 radical (unpaired) electrons. The molecule has 0 unspecified atom stereocenters. The third-order valence-corrected chi connectivity index (χ3v) is 2.70. The van der Waals surface area contributed by atoms with Gasteiger partial charge in [-0.05, 0) is 19.1 Å². The zero-order chi connectivity index (χ0) is 15.7. The highest BCUT2D eigenvalue weighted by atomic mass is 16.4. The summed E-state index contributed by atoms with van der Waals surface area (Å²) in [4.78, 5) is 24.0. The van der Waals surface area contributed by atoms with Crippen molar-refractivity contribution in [3.63, 3.8) is 0 Å². The van der Waals surface area contributed by atoms with E-state index >= 15 is 0 Å². The molecule has 1 aromatic carbocycles. The Kier molecular flexibility index (Phi) is 6.48. The van der Waals surface area contributed by atoms with E-state index in [4.69, 9.17) is 10.4 Å². The van der Waals surface area contributed by atoms with Crippen LogP contribution in [0.1, 0.15) is 13.3 Å². The average Bonchev–Trinajstić information content (AvgIpc) is 2.49. The molecule has 1 rings (SSSR count). The Balaban J connectivity index is 2.79. The number of para-hydroxylation sites is 1. The number of amides is 1. The van der Waals surface area contributed by atoms with Gasteiger partial charge >= 0.3 is 5.97 Å². The number of carbonyl (C=O) groups is 2. The van der Waals surface area contributed by atoms with Crippen molar-refractivity contribution >= 4 is 17.6 Å². The predicted molar refractivity (Wildman–Crippen MR) is 78.4 cm³/mol. The van der Waals surface area contributed by atoms with E-state index in [-0.39, 0.29) is 18.5 Å². The van der Waals surface area contributed by atoms with Crippen molar-refractivity contribution in [2.24, 2.45) is 0 Å². The van der Waals surface area contributed by atoms with E-state index in [1.54, 1.807) is 4.90 Å². The van der Waals surface area contributed by atoms with Crippen LogP contribution in [0.3, 0.4) is 0 Å². The number of carboxylic acid groups (broad SMARTS) is 1. The molecule has 1 aromatic rings. The fourth-order valence-electron chi connectivity index (χ4n) is 1.64. The third kappa shape index (κ3) is 5.37. The van der Waals surface area contributed by atoms with Gasteiger partial charge in [0.05, 0.1) is 6.42 Å². The number of anilines is 1. The molecular formula is C15H17N3O3. The van der Waals surface area contributed by atoms with E-state index in [1.807, 2.05) is 43.3 Å². The summed E-state index contributed by atoms with van der Waals surface area (Å²) < 4.78 is 0. The maximum absolute atomic E-state index is 11.8. The molecular weight excluding hydrogens is 270 g/mol. The summed E-state index contributed by atoms with van der Waals surface area (Å²) in [5.41, 5.74) is 0.803. The number of nitriles is 1. The summed E-state index contributed by atoms with van der Waals surface area (Å²) in [5.74, 6) is -1.58. The molecule has 0 aliphatic heterocycles. The van der Waals surface area contributed by atoms with Gasteiger partial charge in [-0.3, -0.25) is 9.59 Å². The van der Waals surface area contributed by atoms with Gasteiger partial charge in [0.15, 0.2) is 0 Å². The maximum atomic E-state index is 11.8. The SMILES string of the molecule is CCN(/C=C(/C#N)C(=O)NCCC(=O)O)c1ccccc1. The molecule has 1 amide bonds. The van der Waals surface area contributed by atoms with Crippen LogP contribution < -0.4 is 10.2 Å². The maximum Gasteiger partial charge on any atom is 0.305 e. The van der Waals surface area contributed by atoms with Gasteiger partial charge < -0.3 is 15.3 Å². The van der Waals surface area contributed by atoms with Crippen LogP contribution in [0.4, 0.5) is 5.69 Å². The van der Waals surface area contributed by atoms with Crippen molar-refractivity contribution in [3.05, 3.63) is 42.1 Å². The molecule has 6 heteroatoms. The van der Waals surface area contributed by atoms with Gasteiger partial charge in [-0.15, -0.1) is 0 Å². The summed E-state index contributed by atoms with van der Waals surface area (Å²) in [5, 5.41) is 20.0. The molecule has 6 nitrogen and oxygen atoms in total. The normalized spacial score (nSPS) is 10.6. The van der Waals surface area contributed by atoms with Crippen molar-refractivity contribution in [3.8, 4) is 6.07 Å². The van der Waals surface area contributed by atoms with E-state index in [1.165, 1.54) is 6.20 Å². The minimum atomic E-state index is -1.00. The Bertz CT molecular complexity index is 561. The molecule has 0 heterocycles. The number of aliphatic carboxylic acids is 1. The Labute approximate surface area is 123 Å². The van der Waals surface area contributed by atoms with Crippen LogP contribution >= 0.6 is 0 Å². The summed E-state index contributed by atoms with van der Waals surface area (Å²) in [6, 6.07) is 11.2. The van der Waals surface area contributed by atoms with Crippen LogP contribution in [0.5, 0.6) is 0 Å². The van der Waals surface area contributed by atoms with E-state index < -0.39 is 11.9 Å². The van der Waals surface area contributed by atoms with Gasteiger partial charge in [-0.1, -0.05) is 18.2 Å². The number of hydrogen-bond donors (Lipinski definition) is 2. The fraction of sp³-hybridized carbons (Fsp3) is 0.267. The molecule has 0 atom stereocenters. The molecule has 0 aromatic heterocycles. The van der Waals surface area contributed by atoms with Crippen molar-refractivity contribution < 1.29 is 14.7 Å². The summed E-state index contributed by atoms with van der Waals surface area (Å²) in [6.07, 6.45) is 1.28. The minimum absolute atomic E-state index is 0.00928. The zero-order valence-corrected chi connectivity index (χ0v) is 11.7. The van der Waals surface area contributed by atoms with Gasteiger partial charge in [0.2, 0.25) is 0 Å². The Morgan fingerprint density at radius 1 is 1.38 bits per heavy atom. The quantitative estimate of drug-likeness (QED) is 0.585. The van der Waals surface area contributed by atoms with Crippen LogP contribution in [-0.2, 0) is 9.59 Å². The van der Waals surface area contributed by atoms with Gasteiger partial charge in [0.1, 0.15) is 11.6 Å². The Morgan fingerprint density at radius 2 is 2.05 bits per heavy atom. The summed E-state index contributed by atoms with van der Waals surface area (Å²) >= 11 is 0. The van der Waals surface area contributed by atoms with Crippen LogP contribution in [-0.4, -0.2) is 30.1 Å². The average molecular weight is 287 g/mol. The predicted octanol–water partition coefficient (Wildman–Crippen LogP) is 1.51. The highest BCUT2D eigenvalue weighted by molar-refractivity contribution is 5.97. The van der Waals surface area contributed by atoms with E-state index in [0.717, 1.165) is 5.69 Å². The number of carboxylic acids is 1. The minimum Gasteiger partial charge on any atom is -0.481 e. The Morgan fingerprint density at radius 3 is 2.57 bits per heavy atom. The molecule has 2 N–H and O–H groups in total. The second-order valence-electron chi connectivity index (χ2n) is 4.18. The first-order valence-corrected chi connectivity index (χ1v) is 6.52. The molecule has 0 saturated heterocycles. The standard InChI is InChI=1S/C15H17N3O3/c1-2-18(13-6-4-3-5-7-13)11-12(10-16)15(21)17-9-8-14(19)20/h3-7,11H,2,8-9H2,1H3,(H,17,21)(H,19,20)/b12-11-. The zero-order valence-electron chi connectivity index (χ0n) is 11.7. The molecule has 21 heavy (non-hydrogen) atoms. The lowest BCUT2D eigenvalue weighted by atomic mass is 10.2. The molecule has 0 aliphatic carbocycles. The number of benzene rings is 1. The van der Waals surface area contributed by atoms with E-state index in [2.05, 4.69) is 5.32 Å². The number of rotatable bonds is 7. The number of carbonyl (C=O) groups excluding carboxylic acids is 1. The van der Waals surface area contributed by atoms with Gasteiger partial charge in [-0.2, -0.15) is 5.26 Å². The number of hydrogen-bond acceptors (Lipinski definition) is 4. The first-order chi connectivity index (χ1) is 10.1. The van der Waals surface area contributed by atoms with Crippen LogP contribution in [0, 0.1) is 11.3 Å². The first kappa shape index (κ1) is 16.2. The van der Waals surface area contributed by atoms with Crippen LogP contribution in [0.25, 0.3) is 0 Å². The molecule has 0 bridgehead atoms. The van der Waals surface area contributed by atoms with Crippen molar-refractivity contribution in [2.75, 3.05) is 18.0 Å². The smallest absolute Gasteiger partial charge is 0.305 e. The fourth-order valence-corrected chi connectivity index (χ4v) is 1.64. The third-order valence-electron chi connectivity index (χ3n) is 2.70. The topological polar surface area (TPSA) is 93.4 Å². The van der Waals surface area contributed by atoms with E-state index in [0.29, 0.717) is 6.54 Å². The summed E-state index contributed by atoms with van der Waals surface area (Å²) in [6.45, 7) is 2.49. The van der Waals surface area contributed by atoms with Gasteiger partial charge in [-0.25, -0.2) is 0 Å². The lowest BCUT2D eigenvalue weighted by molar-refractivity contribution is -0.136. The molecule has 0 aliphatic rings.